The van der Waals surface area contributed by atoms with Gasteiger partial charge in [-0.1, -0.05) is 49.2 Å². The first-order chi connectivity index (χ1) is 12.3. The maximum atomic E-state index is 12.0. The van der Waals surface area contributed by atoms with Gasteiger partial charge >= 0.3 is 5.97 Å². The first kappa shape index (κ1) is 18.1. The molecular weight excluding hydrogens is 328 g/mol. The minimum atomic E-state index is -0.209. The number of ether oxygens (including phenoxy) is 1. The van der Waals surface area contributed by atoms with E-state index in [0.717, 1.165) is 18.8 Å². The number of rotatable bonds is 7. The van der Waals surface area contributed by atoms with Crippen molar-refractivity contribution in [3.63, 3.8) is 0 Å². The molecule has 3 rings (SSSR count). The zero-order valence-corrected chi connectivity index (χ0v) is 15.4. The fourth-order valence-electron chi connectivity index (χ4n) is 3.50. The van der Waals surface area contributed by atoms with Gasteiger partial charge in [-0.25, -0.2) is 4.79 Å². The summed E-state index contributed by atoms with van der Waals surface area (Å²) in [4.78, 5) is 13.3. The van der Waals surface area contributed by atoms with E-state index in [-0.39, 0.29) is 5.97 Å². The van der Waals surface area contributed by atoms with Gasteiger partial charge in [0.15, 0.2) is 0 Å². The fraction of sp³-hybridized carbons (Fsp3) is 0.409. The van der Waals surface area contributed by atoms with Crippen LogP contribution in [0, 0.1) is 5.92 Å². The van der Waals surface area contributed by atoms with Crippen LogP contribution in [0.5, 0.6) is 0 Å². The van der Waals surface area contributed by atoms with E-state index in [1.54, 1.807) is 12.1 Å². The molecule has 0 N–H and O–H groups in total. The van der Waals surface area contributed by atoms with Crippen molar-refractivity contribution in [2.75, 3.05) is 6.61 Å². The largest absolute Gasteiger partial charge is 0.462 e. The van der Waals surface area contributed by atoms with Crippen LogP contribution < -0.4 is 0 Å². The molecule has 132 valence electrons. The van der Waals surface area contributed by atoms with Crippen LogP contribution in [0.4, 0.5) is 0 Å². The molecule has 0 radical (unpaired) electrons. The van der Waals surface area contributed by atoms with Crippen molar-refractivity contribution in [1.29, 1.82) is 0 Å². The Morgan fingerprint density at radius 3 is 2.40 bits per heavy atom. The molecule has 0 spiro atoms. The molecule has 0 saturated heterocycles. The minimum absolute atomic E-state index is 0.209. The smallest absolute Gasteiger partial charge is 0.338 e. The predicted octanol–water partition coefficient (Wildman–Crippen LogP) is 5.97. The zero-order chi connectivity index (χ0) is 17.3. The number of hydrogen-bond acceptors (Lipinski definition) is 3. The summed E-state index contributed by atoms with van der Waals surface area (Å²) in [6.45, 7) is 0.521. The Bertz CT molecular complexity index is 642. The highest BCUT2D eigenvalue weighted by molar-refractivity contribution is 8.00. The first-order valence-corrected chi connectivity index (χ1v) is 10.1. The third-order valence-electron chi connectivity index (χ3n) is 4.83. The monoisotopic (exact) mass is 354 g/mol. The maximum absolute atomic E-state index is 12.0. The Labute approximate surface area is 155 Å². The third kappa shape index (κ3) is 5.64. The van der Waals surface area contributed by atoms with E-state index in [2.05, 4.69) is 30.3 Å². The number of carbonyl (C=O) groups excluding carboxylic acids is 1. The molecule has 1 aliphatic carbocycles. The molecule has 1 aliphatic rings. The van der Waals surface area contributed by atoms with Crippen LogP contribution in [0.25, 0.3) is 0 Å². The molecule has 25 heavy (non-hydrogen) atoms. The van der Waals surface area contributed by atoms with E-state index >= 15 is 0 Å². The summed E-state index contributed by atoms with van der Waals surface area (Å²) >= 11 is 2.03. The van der Waals surface area contributed by atoms with Gasteiger partial charge in [0.2, 0.25) is 0 Å². The number of esters is 1. The van der Waals surface area contributed by atoms with Gasteiger partial charge in [-0.05, 0) is 55.9 Å². The quantitative estimate of drug-likeness (QED) is 0.452. The summed E-state index contributed by atoms with van der Waals surface area (Å²) in [6.07, 6.45) is 7.37. The fourth-order valence-corrected chi connectivity index (χ4v) is 4.91. The molecule has 1 saturated carbocycles. The van der Waals surface area contributed by atoms with Gasteiger partial charge < -0.3 is 4.74 Å². The standard InChI is InChI=1S/C22H26O2S/c23-22(19-11-3-1-4-12-19)24-17-9-13-18-10-7-8-16-21(18)25-20-14-5-2-6-15-20/h1-6,11-12,14-15,18,21H,7-10,13,16-17H2/t18-,21?/m0/s1. The molecule has 1 fully saturated rings. The van der Waals surface area contributed by atoms with E-state index in [0.29, 0.717) is 17.4 Å². The number of benzene rings is 2. The summed E-state index contributed by atoms with van der Waals surface area (Å²) in [5, 5.41) is 0.695. The van der Waals surface area contributed by atoms with Gasteiger partial charge in [-0.15, -0.1) is 11.8 Å². The number of carbonyl (C=O) groups is 1. The molecule has 3 heteroatoms. The Morgan fingerprint density at radius 1 is 0.960 bits per heavy atom. The molecule has 1 unspecified atom stereocenters. The van der Waals surface area contributed by atoms with Crippen molar-refractivity contribution in [2.24, 2.45) is 5.92 Å². The van der Waals surface area contributed by atoms with E-state index in [9.17, 15) is 4.79 Å². The summed E-state index contributed by atoms with van der Waals surface area (Å²) < 4.78 is 5.43. The minimum Gasteiger partial charge on any atom is -0.462 e. The van der Waals surface area contributed by atoms with Crippen LogP contribution in [0.1, 0.15) is 48.9 Å². The van der Waals surface area contributed by atoms with Crippen LogP contribution in [0.3, 0.4) is 0 Å². The Morgan fingerprint density at radius 2 is 1.64 bits per heavy atom. The highest BCUT2D eigenvalue weighted by Crippen LogP contribution is 2.39. The average Bonchev–Trinajstić information content (AvgIpc) is 2.68. The van der Waals surface area contributed by atoms with Crippen molar-refractivity contribution in [3.8, 4) is 0 Å². The highest BCUT2D eigenvalue weighted by atomic mass is 32.2. The summed E-state index contributed by atoms with van der Waals surface area (Å²) in [7, 11) is 0. The van der Waals surface area contributed by atoms with E-state index in [1.807, 2.05) is 30.0 Å². The third-order valence-corrected chi connectivity index (χ3v) is 6.30. The summed E-state index contributed by atoms with van der Waals surface area (Å²) in [5.74, 6) is 0.522. The first-order valence-electron chi connectivity index (χ1n) is 9.27. The van der Waals surface area contributed by atoms with Gasteiger partial charge in [-0.3, -0.25) is 0 Å². The van der Waals surface area contributed by atoms with Crippen molar-refractivity contribution in [1.82, 2.24) is 0 Å². The summed E-state index contributed by atoms with van der Waals surface area (Å²) in [5.41, 5.74) is 0.637. The topological polar surface area (TPSA) is 26.3 Å². The highest BCUT2D eigenvalue weighted by Gasteiger charge is 2.25. The van der Waals surface area contributed by atoms with Gasteiger partial charge in [0.25, 0.3) is 0 Å². The second-order valence-corrected chi connectivity index (χ2v) is 7.97. The molecule has 2 aromatic rings. The molecule has 0 bridgehead atoms. The van der Waals surface area contributed by atoms with Gasteiger partial charge in [0.05, 0.1) is 12.2 Å². The Hall–Kier alpha value is -1.74. The molecule has 2 atom stereocenters. The molecule has 2 nitrogen and oxygen atoms in total. The average molecular weight is 355 g/mol. The van der Waals surface area contributed by atoms with Crippen molar-refractivity contribution < 1.29 is 9.53 Å². The molecule has 0 amide bonds. The van der Waals surface area contributed by atoms with Crippen molar-refractivity contribution >= 4 is 17.7 Å². The van der Waals surface area contributed by atoms with E-state index < -0.39 is 0 Å². The maximum Gasteiger partial charge on any atom is 0.338 e. The van der Waals surface area contributed by atoms with E-state index in [4.69, 9.17) is 4.74 Å². The van der Waals surface area contributed by atoms with Gasteiger partial charge in [0, 0.05) is 10.1 Å². The molecule has 2 aromatic carbocycles. The van der Waals surface area contributed by atoms with Crippen LogP contribution in [-0.2, 0) is 4.74 Å². The van der Waals surface area contributed by atoms with Crippen molar-refractivity contribution in [3.05, 3.63) is 66.2 Å². The van der Waals surface area contributed by atoms with E-state index in [1.165, 1.54) is 30.6 Å². The van der Waals surface area contributed by atoms with Crippen LogP contribution in [-0.4, -0.2) is 17.8 Å². The van der Waals surface area contributed by atoms with Crippen molar-refractivity contribution in [2.45, 2.75) is 48.7 Å². The molecular formula is C22H26O2S. The molecule has 0 aliphatic heterocycles. The number of hydrogen-bond donors (Lipinski definition) is 0. The summed E-state index contributed by atoms with van der Waals surface area (Å²) in [6, 6.07) is 20.0. The zero-order valence-electron chi connectivity index (χ0n) is 14.6. The van der Waals surface area contributed by atoms with Crippen LogP contribution >= 0.6 is 11.8 Å². The van der Waals surface area contributed by atoms with Gasteiger partial charge in [-0.2, -0.15) is 0 Å². The number of thioether (sulfide) groups is 1. The lowest BCUT2D eigenvalue weighted by Gasteiger charge is -2.31. The van der Waals surface area contributed by atoms with Crippen LogP contribution in [0.2, 0.25) is 0 Å². The lowest BCUT2D eigenvalue weighted by molar-refractivity contribution is 0.0492. The Kier molecular flexibility index (Phi) is 6.99. The lowest BCUT2D eigenvalue weighted by atomic mass is 9.85. The second-order valence-electron chi connectivity index (χ2n) is 6.66. The van der Waals surface area contributed by atoms with Crippen LogP contribution in [0.15, 0.2) is 65.6 Å². The normalized spacial score (nSPS) is 20.2. The lowest BCUT2D eigenvalue weighted by Crippen LogP contribution is -2.22. The second kappa shape index (κ2) is 9.67. The Balaban J connectivity index is 1.43. The SMILES string of the molecule is O=C(OCCC[C@@H]1CCCCC1Sc1ccccc1)c1ccccc1. The van der Waals surface area contributed by atoms with Gasteiger partial charge in [0.1, 0.15) is 0 Å². The molecule has 0 heterocycles. The molecule has 0 aromatic heterocycles. The predicted molar refractivity (Wildman–Crippen MR) is 104 cm³/mol.